The number of hydrogen-bond acceptors (Lipinski definition) is 4. The number of benzene rings is 1. The van der Waals surface area contributed by atoms with Crippen LogP contribution in [0.25, 0.3) is 0 Å². The van der Waals surface area contributed by atoms with Crippen LogP contribution in [-0.4, -0.2) is 54.9 Å². The van der Waals surface area contributed by atoms with Gasteiger partial charge in [0.2, 0.25) is 0 Å². The quantitative estimate of drug-likeness (QED) is 0.793. The lowest BCUT2D eigenvalue weighted by atomic mass is 10.0. The second-order valence-electron chi connectivity index (χ2n) is 8.13. The molecular formula is C20H27FN2O4. The third-order valence-electron chi connectivity index (χ3n) is 4.61. The van der Waals surface area contributed by atoms with Crippen LogP contribution >= 0.6 is 0 Å². The molecule has 0 unspecified atom stereocenters. The molecule has 2 amide bonds. The van der Waals surface area contributed by atoms with Crippen LogP contribution in [0.2, 0.25) is 0 Å². The number of fused-ring (bicyclic) bond motifs is 2. The van der Waals surface area contributed by atoms with E-state index in [1.165, 1.54) is 11.8 Å². The number of rotatable bonds is 2. The molecule has 0 spiro atoms. The van der Waals surface area contributed by atoms with E-state index in [0.29, 0.717) is 37.4 Å². The summed E-state index contributed by atoms with van der Waals surface area (Å²) < 4.78 is 24.6. The van der Waals surface area contributed by atoms with E-state index < -0.39 is 11.8 Å². The highest BCUT2D eigenvalue weighted by atomic mass is 19.1. The maximum Gasteiger partial charge on any atom is 0.410 e. The fourth-order valence-corrected chi connectivity index (χ4v) is 3.38. The van der Waals surface area contributed by atoms with E-state index in [4.69, 9.17) is 9.47 Å². The van der Waals surface area contributed by atoms with Crippen molar-refractivity contribution in [2.75, 3.05) is 31.1 Å². The Hall–Kier alpha value is -2.31. The zero-order valence-corrected chi connectivity index (χ0v) is 16.4. The number of alkyl halides is 1. The van der Waals surface area contributed by atoms with Crippen molar-refractivity contribution in [1.82, 2.24) is 4.90 Å². The van der Waals surface area contributed by atoms with E-state index in [9.17, 15) is 14.0 Å². The first-order valence-corrected chi connectivity index (χ1v) is 9.35. The Morgan fingerprint density at radius 2 is 1.89 bits per heavy atom. The molecule has 0 N–H and O–H groups in total. The van der Waals surface area contributed by atoms with Gasteiger partial charge >= 0.3 is 6.09 Å². The van der Waals surface area contributed by atoms with Crippen molar-refractivity contribution in [1.29, 1.82) is 0 Å². The lowest BCUT2D eigenvalue weighted by Gasteiger charge is -2.31. The smallest absolute Gasteiger partial charge is 0.410 e. The summed E-state index contributed by atoms with van der Waals surface area (Å²) in [6.45, 7) is 8.01. The fraction of sp³-hybridized carbons (Fsp3) is 0.600. The summed E-state index contributed by atoms with van der Waals surface area (Å²) in [4.78, 5) is 27.7. The van der Waals surface area contributed by atoms with Crippen molar-refractivity contribution in [3.8, 4) is 5.75 Å². The van der Waals surface area contributed by atoms with Gasteiger partial charge in [0.05, 0.1) is 12.2 Å². The van der Waals surface area contributed by atoms with Crippen molar-refractivity contribution < 1.29 is 23.5 Å². The highest BCUT2D eigenvalue weighted by molar-refractivity contribution is 5.98. The number of carbonyl (C=O) groups is 2. The lowest BCUT2D eigenvalue weighted by molar-refractivity contribution is -0.121. The van der Waals surface area contributed by atoms with Crippen LogP contribution in [0.15, 0.2) is 12.1 Å². The van der Waals surface area contributed by atoms with Crippen LogP contribution in [0.3, 0.4) is 0 Å². The molecule has 27 heavy (non-hydrogen) atoms. The molecule has 2 aliphatic heterocycles. The maximum absolute atomic E-state index is 13.5. The molecule has 1 aromatic rings. The normalized spacial score (nSPS) is 18.2. The Bertz CT molecular complexity index is 742. The average Bonchev–Trinajstić information content (AvgIpc) is 2.76. The zero-order valence-electron chi connectivity index (χ0n) is 16.4. The number of nitrogens with zero attached hydrogens (tertiary/aromatic N) is 2. The minimum atomic E-state index is -1.12. The number of anilines is 1. The molecule has 148 valence electrons. The molecule has 0 aromatic heterocycles. The second-order valence-corrected chi connectivity index (χ2v) is 8.13. The molecule has 6 nitrogen and oxygen atoms in total. The van der Waals surface area contributed by atoms with Crippen LogP contribution in [0.1, 0.15) is 38.8 Å². The SMILES string of the molecule is C[C@H](F)CN1C(=O)COc2cc3c(cc21)CCN(C(=O)OC(C)(C)C)CC3. The summed E-state index contributed by atoms with van der Waals surface area (Å²) in [5, 5.41) is 0. The Morgan fingerprint density at radius 3 is 2.48 bits per heavy atom. The Morgan fingerprint density at radius 1 is 1.26 bits per heavy atom. The van der Waals surface area contributed by atoms with Gasteiger partial charge in [-0.3, -0.25) is 4.79 Å². The van der Waals surface area contributed by atoms with Gasteiger partial charge in [-0.2, -0.15) is 0 Å². The van der Waals surface area contributed by atoms with Gasteiger partial charge in [0.1, 0.15) is 17.5 Å². The molecule has 0 saturated carbocycles. The molecule has 2 aliphatic rings. The molecule has 1 aromatic carbocycles. The number of halogens is 1. The first-order valence-electron chi connectivity index (χ1n) is 9.35. The van der Waals surface area contributed by atoms with Gasteiger partial charge in [0.25, 0.3) is 5.91 Å². The van der Waals surface area contributed by atoms with Gasteiger partial charge in [-0.15, -0.1) is 0 Å². The number of ether oxygens (including phenoxy) is 2. The van der Waals surface area contributed by atoms with Crippen LogP contribution in [-0.2, 0) is 22.4 Å². The summed E-state index contributed by atoms with van der Waals surface area (Å²) in [5.74, 6) is 0.357. The molecule has 0 bridgehead atoms. The number of carbonyl (C=O) groups excluding carboxylic acids is 2. The van der Waals surface area contributed by atoms with E-state index in [1.807, 2.05) is 32.9 Å². The fourth-order valence-electron chi connectivity index (χ4n) is 3.38. The minimum Gasteiger partial charge on any atom is -0.482 e. The third kappa shape index (κ3) is 4.51. The maximum atomic E-state index is 13.5. The van der Waals surface area contributed by atoms with Crippen molar-refractivity contribution in [2.45, 2.75) is 52.3 Å². The van der Waals surface area contributed by atoms with Gasteiger partial charge in [-0.25, -0.2) is 9.18 Å². The van der Waals surface area contributed by atoms with Crippen LogP contribution in [0.4, 0.5) is 14.9 Å². The van der Waals surface area contributed by atoms with Gasteiger partial charge < -0.3 is 19.3 Å². The van der Waals surface area contributed by atoms with Crippen LogP contribution in [0.5, 0.6) is 5.75 Å². The van der Waals surface area contributed by atoms with Gasteiger partial charge in [0.15, 0.2) is 6.61 Å². The molecule has 0 fully saturated rings. The minimum absolute atomic E-state index is 0.0119. The first kappa shape index (κ1) is 19.5. The molecule has 2 heterocycles. The summed E-state index contributed by atoms with van der Waals surface area (Å²) in [6.07, 6.45) is -0.117. The topological polar surface area (TPSA) is 59.1 Å². The lowest BCUT2D eigenvalue weighted by Crippen LogP contribution is -2.42. The molecule has 0 aliphatic carbocycles. The van der Waals surface area contributed by atoms with Gasteiger partial charge in [0, 0.05) is 13.1 Å². The number of amides is 2. The highest BCUT2D eigenvalue weighted by Crippen LogP contribution is 2.36. The van der Waals surface area contributed by atoms with E-state index in [-0.39, 0.29) is 25.2 Å². The summed E-state index contributed by atoms with van der Waals surface area (Å²) in [7, 11) is 0. The molecule has 1 atom stereocenters. The van der Waals surface area contributed by atoms with Crippen molar-refractivity contribution in [3.05, 3.63) is 23.3 Å². The largest absolute Gasteiger partial charge is 0.482 e. The molecule has 3 rings (SSSR count). The zero-order chi connectivity index (χ0) is 19.8. The predicted octanol–water partition coefficient (Wildman–Crippen LogP) is 3.11. The van der Waals surface area contributed by atoms with Crippen LogP contribution < -0.4 is 9.64 Å². The average molecular weight is 378 g/mol. The Balaban J connectivity index is 1.81. The van der Waals surface area contributed by atoms with E-state index in [1.54, 1.807) is 4.90 Å². The summed E-state index contributed by atoms with van der Waals surface area (Å²) in [6, 6.07) is 3.83. The Kier molecular flexibility index (Phi) is 5.31. The molecule has 0 saturated heterocycles. The van der Waals surface area contributed by atoms with E-state index >= 15 is 0 Å². The van der Waals surface area contributed by atoms with Crippen molar-refractivity contribution in [2.24, 2.45) is 0 Å². The molecule has 0 radical (unpaired) electrons. The predicted molar refractivity (Wildman–Crippen MR) is 100 cm³/mol. The summed E-state index contributed by atoms with van der Waals surface area (Å²) >= 11 is 0. The second kappa shape index (κ2) is 7.37. The van der Waals surface area contributed by atoms with Crippen molar-refractivity contribution >= 4 is 17.7 Å². The van der Waals surface area contributed by atoms with E-state index in [2.05, 4.69) is 0 Å². The number of hydrogen-bond donors (Lipinski definition) is 0. The third-order valence-corrected chi connectivity index (χ3v) is 4.61. The molecular weight excluding hydrogens is 351 g/mol. The molecule has 7 heteroatoms. The van der Waals surface area contributed by atoms with Gasteiger partial charge in [-0.1, -0.05) is 0 Å². The highest BCUT2D eigenvalue weighted by Gasteiger charge is 2.30. The van der Waals surface area contributed by atoms with Crippen molar-refractivity contribution in [3.63, 3.8) is 0 Å². The van der Waals surface area contributed by atoms with E-state index in [0.717, 1.165) is 11.1 Å². The Labute approximate surface area is 159 Å². The standard InChI is InChI=1S/C20H27FN2O4/c1-13(21)11-23-16-9-14-5-7-22(19(25)27-20(2,3)4)8-6-15(14)10-17(16)26-12-18(23)24/h9-10,13H,5-8,11-12H2,1-4H3/t13-/m0/s1. The first-order chi connectivity index (χ1) is 12.6. The summed E-state index contributed by atoms with van der Waals surface area (Å²) in [5.41, 5.74) is 2.21. The monoisotopic (exact) mass is 378 g/mol. The van der Waals surface area contributed by atoms with Crippen LogP contribution in [0, 0.1) is 0 Å². The van der Waals surface area contributed by atoms with Gasteiger partial charge in [-0.05, 0) is 63.8 Å².